The molecule has 2 unspecified atom stereocenters. The maximum atomic E-state index is 13.7. The highest BCUT2D eigenvalue weighted by Crippen LogP contribution is 2.35. The third kappa shape index (κ3) is 6.40. The lowest BCUT2D eigenvalue weighted by Crippen LogP contribution is -2.51. The highest BCUT2D eigenvalue weighted by Gasteiger charge is 2.36. The number of nitrogens with one attached hydrogen (secondary N) is 2. The Bertz CT molecular complexity index is 964. The molecule has 186 valence electrons. The Balaban J connectivity index is 1.82. The van der Waals surface area contributed by atoms with Gasteiger partial charge in [-0.25, -0.2) is 8.78 Å². The number of aliphatic hydroxyl groups is 1. The number of hydrogen-bond donors (Lipinski definition) is 3. The second-order valence-electron chi connectivity index (χ2n) is 10.2. The molecule has 3 N–H and O–H groups in total. The first kappa shape index (κ1) is 26.3. The summed E-state index contributed by atoms with van der Waals surface area (Å²) in [5.74, 6) is -2.66. The van der Waals surface area contributed by atoms with Crippen LogP contribution >= 0.6 is 0 Å². The number of aliphatic hydroxyl groups excluding tert-OH is 1. The number of benzene rings is 2. The van der Waals surface area contributed by atoms with Crippen molar-refractivity contribution < 1.29 is 23.4 Å². The average molecular weight is 475 g/mol. The molecule has 0 bridgehead atoms. The van der Waals surface area contributed by atoms with Crippen LogP contribution in [0.4, 0.5) is 8.78 Å². The molecule has 34 heavy (non-hydrogen) atoms. The first-order valence-corrected chi connectivity index (χ1v) is 11.8. The summed E-state index contributed by atoms with van der Waals surface area (Å²) in [5.41, 5.74) is 2.25. The highest BCUT2D eigenvalue weighted by atomic mass is 19.1. The fourth-order valence-electron chi connectivity index (χ4n) is 4.58. The lowest BCUT2D eigenvalue weighted by molar-refractivity contribution is -0.128. The van der Waals surface area contributed by atoms with Gasteiger partial charge in [-0.2, -0.15) is 0 Å². The largest absolute Gasteiger partial charge is 0.391 e. The van der Waals surface area contributed by atoms with Gasteiger partial charge in [0.05, 0.1) is 12.0 Å². The van der Waals surface area contributed by atoms with E-state index in [1.165, 1.54) is 24.7 Å². The minimum atomic E-state index is -1.06. The van der Waals surface area contributed by atoms with Crippen LogP contribution in [0.2, 0.25) is 0 Å². The molecule has 2 aromatic rings. The van der Waals surface area contributed by atoms with Crippen molar-refractivity contribution in [3.63, 3.8) is 0 Å². The number of ether oxygens (including phenoxy) is 1. The quantitative estimate of drug-likeness (QED) is 0.544. The van der Waals surface area contributed by atoms with Crippen molar-refractivity contribution in [2.75, 3.05) is 26.8 Å². The zero-order valence-corrected chi connectivity index (χ0v) is 20.5. The van der Waals surface area contributed by atoms with Gasteiger partial charge in [0.15, 0.2) is 0 Å². The third-order valence-corrected chi connectivity index (χ3v) is 6.70. The predicted octanol–water partition coefficient (Wildman–Crippen LogP) is 3.82. The topological polar surface area (TPSA) is 70.6 Å². The summed E-state index contributed by atoms with van der Waals surface area (Å²) in [5, 5.41) is 17.1. The molecular formula is C27H36F2N2O3. The SMILES string of the molecule is CNC(=O)C(Cc1cc(F)cc(F)c1)C(O)CNC1(c2cccc(C(C)(C)C)c2)CCOCC1. The van der Waals surface area contributed by atoms with Crippen molar-refractivity contribution in [2.45, 2.75) is 57.1 Å². The van der Waals surface area contributed by atoms with Crippen LogP contribution in [0.5, 0.6) is 0 Å². The molecule has 1 aliphatic rings. The Labute approximate surface area is 200 Å². The van der Waals surface area contributed by atoms with Gasteiger partial charge in [0, 0.05) is 38.4 Å². The molecule has 2 aromatic carbocycles. The first-order valence-electron chi connectivity index (χ1n) is 11.8. The molecule has 7 heteroatoms. The van der Waals surface area contributed by atoms with Gasteiger partial charge in [-0.1, -0.05) is 45.0 Å². The fraction of sp³-hybridized carbons (Fsp3) is 0.519. The van der Waals surface area contributed by atoms with Crippen molar-refractivity contribution in [2.24, 2.45) is 5.92 Å². The van der Waals surface area contributed by atoms with Crippen LogP contribution in [0.3, 0.4) is 0 Å². The molecule has 0 radical (unpaired) electrons. The van der Waals surface area contributed by atoms with Crippen LogP contribution in [0.15, 0.2) is 42.5 Å². The molecule has 1 heterocycles. The molecule has 3 rings (SSSR count). The third-order valence-electron chi connectivity index (χ3n) is 6.70. The van der Waals surface area contributed by atoms with Crippen LogP contribution in [0.1, 0.15) is 50.3 Å². The van der Waals surface area contributed by atoms with E-state index in [0.29, 0.717) is 18.8 Å². The Kier molecular flexibility index (Phi) is 8.44. The molecule has 2 atom stereocenters. The smallest absolute Gasteiger partial charge is 0.225 e. The monoisotopic (exact) mass is 474 g/mol. The average Bonchev–Trinajstić information content (AvgIpc) is 2.80. The molecule has 1 fully saturated rings. The van der Waals surface area contributed by atoms with Crippen molar-refractivity contribution in [1.29, 1.82) is 0 Å². The van der Waals surface area contributed by atoms with Gasteiger partial charge in [0.25, 0.3) is 0 Å². The van der Waals surface area contributed by atoms with Crippen molar-refractivity contribution >= 4 is 5.91 Å². The molecule has 1 saturated heterocycles. The normalized spacial score (nSPS) is 17.7. The van der Waals surface area contributed by atoms with E-state index in [1.54, 1.807) is 0 Å². The molecule has 0 spiro atoms. The van der Waals surface area contributed by atoms with E-state index in [-0.39, 0.29) is 24.3 Å². The van der Waals surface area contributed by atoms with Crippen LogP contribution in [0.25, 0.3) is 0 Å². The van der Waals surface area contributed by atoms with Gasteiger partial charge >= 0.3 is 0 Å². The summed E-state index contributed by atoms with van der Waals surface area (Å²) in [4.78, 5) is 12.6. The molecule has 1 amide bonds. The van der Waals surface area contributed by atoms with Gasteiger partial charge in [0.1, 0.15) is 11.6 Å². The fourth-order valence-corrected chi connectivity index (χ4v) is 4.58. The second kappa shape index (κ2) is 10.9. The Morgan fingerprint density at radius 2 is 1.76 bits per heavy atom. The molecular weight excluding hydrogens is 438 g/mol. The number of carbonyl (C=O) groups is 1. The van der Waals surface area contributed by atoms with Crippen LogP contribution in [0, 0.1) is 17.6 Å². The molecule has 0 saturated carbocycles. The van der Waals surface area contributed by atoms with E-state index in [2.05, 4.69) is 55.7 Å². The Hall–Kier alpha value is -2.35. The molecule has 0 aliphatic carbocycles. The summed E-state index contributed by atoms with van der Waals surface area (Å²) in [6.07, 6.45) is 0.421. The standard InChI is InChI=1S/C27H36F2N2O3/c1-26(2,3)19-6-5-7-20(15-19)27(8-10-34-11-9-27)31-17-24(32)23(25(33)30-4)14-18-12-21(28)16-22(29)13-18/h5-7,12-13,15-16,23-24,31-32H,8-11,14,17H2,1-4H3,(H,30,33). The van der Waals surface area contributed by atoms with E-state index in [0.717, 1.165) is 24.5 Å². The van der Waals surface area contributed by atoms with Gasteiger partial charge in [0.2, 0.25) is 5.91 Å². The number of carbonyl (C=O) groups excluding carboxylic acids is 1. The predicted molar refractivity (Wildman–Crippen MR) is 129 cm³/mol. The lowest BCUT2D eigenvalue weighted by Gasteiger charge is -2.40. The van der Waals surface area contributed by atoms with Crippen molar-refractivity contribution in [1.82, 2.24) is 10.6 Å². The zero-order chi connectivity index (χ0) is 24.9. The summed E-state index contributed by atoms with van der Waals surface area (Å²) in [6.45, 7) is 7.83. The van der Waals surface area contributed by atoms with Gasteiger partial charge in [-0.15, -0.1) is 0 Å². The maximum Gasteiger partial charge on any atom is 0.225 e. The summed E-state index contributed by atoms with van der Waals surface area (Å²) >= 11 is 0. The minimum Gasteiger partial charge on any atom is -0.391 e. The highest BCUT2D eigenvalue weighted by molar-refractivity contribution is 5.79. The van der Waals surface area contributed by atoms with Gasteiger partial charge in [-0.3, -0.25) is 4.79 Å². The van der Waals surface area contributed by atoms with Crippen LogP contribution in [-0.4, -0.2) is 43.9 Å². The minimum absolute atomic E-state index is 0.00752. The number of rotatable bonds is 8. The maximum absolute atomic E-state index is 13.7. The summed E-state index contributed by atoms with van der Waals surface area (Å²) in [6, 6.07) is 11.6. The Morgan fingerprint density at radius 1 is 1.12 bits per heavy atom. The van der Waals surface area contributed by atoms with E-state index in [4.69, 9.17) is 4.74 Å². The van der Waals surface area contributed by atoms with E-state index >= 15 is 0 Å². The summed E-state index contributed by atoms with van der Waals surface area (Å²) < 4.78 is 33.0. The Morgan fingerprint density at radius 3 is 2.35 bits per heavy atom. The number of hydrogen-bond acceptors (Lipinski definition) is 4. The van der Waals surface area contributed by atoms with Gasteiger partial charge in [-0.05, 0) is 53.5 Å². The van der Waals surface area contributed by atoms with E-state index in [1.807, 2.05) is 0 Å². The summed E-state index contributed by atoms with van der Waals surface area (Å²) in [7, 11) is 1.49. The first-order chi connectivity index (χ1) is 16.0. The lowest BCUT2D eigenvalue weighted by atomic mass is 9.78. The van der Waals surface area contributed by atoms with E-state index < -0.39 is 29.2 Å². The molecule has 1 aliphatic heterocycles. The van der Waals surface area contributed by atoms with Crippen molar-refractivity contribution in [3.8, 4) is 0 Å². The number of amides is 1. The number of halogens is 2. The van der Waals surface area contributed by atoms with Crippen molar-refractivity contribution in [3.05, 3.63) is 70.8 Å². The van der Waals surface area contributed by atoms with Crippen LogP contribution in [-0.2, 0) is 26.9 Å². The van der Waals surface area contributed by atoms with E-state index in [9.17, 15) is 18.7 Å². The second-order valence-corrected chi connectivity index (χ2v) is 10.2. The molecule has 5 nitrogen and oxygen atoms in total. The van der Waals surface area contributed by atoms with Crippen LogP contribution < -0.4 is 10.6 Å². The zero-order valence-electron chi connectivity index (χ0n) is 20.5. The van der Waals surface area contributed by atoms with Gasteiger partial charge < -0.3 is 20.5 Å². The molecule has 0 aromatic heterocycles.